The number of hydrogen-bond acceptors (Lipinski definition) is 2. The third-order valence-corrected chi connectivity index (χ3v) is 2.48. The molecule has 0 amide bonds. The summed E-state index contributed by atoms with van der Waals surface area (Å²) in [4.78, 5) is 4.12. The summed E-state index contributed by atoms with van der Waals surface area (Å²) in [6.07, 6.45) is 2.91. The van der Waals surface area contributed by atoms with Crippen LogP contribution in [0.5, 0.6) is 0 Å². The van der Waals surface area contributed by atoms with Gasteiger partial charge in [0.15, 0.2) is 0 Å². The van der Waals surface area contributed by atoms with Crippen molar-refractivity contribution in [1.82, 2.24) is 4.98 Å². The number of hydrogen-bond donors (Lipinski definition) is 1. The molecule has 0 spiro atoms. The van der Waals surface area contributed by atoms with E-state index in [9.17, 15) is 8.78 Å². The Bertz CT molecular complexity index is 512. The van der Waals surface area contributed by atoms with Gasteiger partial charge in [-0.1, -0.05) is 0 Å². The number of fused-ring (bicyclic) bond motifs is 1. The maximum Gasteiger partial charge on any atom is 0.135 e. The van der Waals surface area contributed by atoms with Crippen LogP contribution in [0.15, 0.2) is 24.4 Å². The molecule has 2 rings (SSSR count). The molecule has 0 radical (unpaired) electrons. The van der Waals surface area contributed by atoms with Crippen LogP contribution in [0.25, 0.3) is 10.8 Å². The highest BCUT2D eigenvalue weighted by molar-refractivity contribution is 5.85. The standard InChI is InChI=1S/C12H12F2N2/c13-9-6-8-3-5-16-11(2-1-4-15)12(8)10(14)7-9/h3,5-7H,1-2,4,15H2. The second kappa shape index (κ2) is 4.53. The molecule has 0 bridgehead atoms. The number of aromatic nitrogens is 1. The first kappa shape index (κ1) is 11.0. The SMILES string of the molecule is NCCCc1nccc2cc(F)cc(F)c12. The predicted octanol–water partition coefficient (Wildman–Crippen LogP) is 2.40. The van der Waals surface area contributed by atoms with Gasteiger partial charge in [-0.25, -0.2) is 8.78 Å². The molecular formula is C12H12F2N2. The van der Waals surface area contributed by atoms with Gasteiger partial charge in [0.25, 0.3) is 0 Å². The average molecular weight is 222 g/mol. The van der Waals surface area contributed by atoms with Gasteiger partial charge < -0.3 is 5.73 Å². The molecule has 2 nitrogen and oxygen atoms in total. The largest absolute Gasteiger partial charge is 0.330 e. The molecule has 0 unspecified atom stereocenters. The van der Waals surface area contributed by atoms with E-state index in [1.54, 1.807) is 12.3 Å². The van der Waals surface area contributed by atoms with Gasteiger partial charge in [0.1, 0.15) is 11.6 Å². The van der Waals surface area contributed by atoms with E-state index in [1.165, 1.54) is 6.07 Å². The molecule has 1 aromatic carbocycles. The van der Waals surface area contributed by atoms with E-state index in [4.69, 9.17) is 5.73 Å². The van der Waals surface area contributed by atoms with E-state index < -0.39 is 11.6 Å². The van der Waals surface area contributed by atoms with Crippen LogP contribution in [-0.2, 0) is 6.42 Å². The Morgan fingerprint density at radius 2 is 2.06 bits per heavy atom. The van der Waals surface area contributed by atoms with Gasteiger partial charge in [-0.2, -0.15) is 0 Å². The molecule has 0 saturated heterocycles. The maximum absolute atomic E-state index is 13.6. The maximum atomic E-state index is 13.6. The molecule has 1 aromatic heterocycles. The molecule has 0 fully saturated rings. The van der Waals surface area contributed by atoms with Crippen molar-refractivity contribution in [2.45, 2.75) is 12.8 Å². The minimum absolute atomic E-state index is 0.400. The first-order chi connectivity index (χ1) is 7.72. The van der Waals surface area contributed by atoms with Crippen LogP contribution in [0, 0.1) is 11.6 Å². The topological polar surface area (TPSA) is 38.9 Å². The summed E-state index contributed by atoms with van der Waals surface area (Å²) in [6.45, 7) is 0.529. The van der Waals surface area contributed by atoms with Crippen molar-refractivity contribution < 1.29 is 8.78 Å². The third kappa shape index (κ3) is 2.02. The van der Waals surface area contributed by atoms with Crippen LogP contribution in [0.4, 0.5) is 8.78 Å². The Morgan fingerprint density at radius 1 is 1.25 bits per heavy atom. The molecule has 1 heterocycles. The number of nitrogens with two attached hydrogens (primary N) is 1. The van der Waals surface area contributed by atoms with Crippen molar-refractivity contribution in [2.24, 2.45) is 5.73 Å². The molecule has 0 aliphatic rings. The van der Waals surface area contributed by atoms with Gasteiger partial charge in [-0.3, -0.25) is 4.98 Å². The monoisotopic (exact) mass is 222 g/mol. The summed E-state index contributed by atoms with van der Waals surface area (Å²) in [6, 6.07) is 3.80. The zero-order chi connectivity index (χ0) is 11.5. The fourth-order valence-corrected chi connectivity index (χ4v) is 1.76. The van der Waals surface area contributed by atoms with Crippen molar-refractivity contribution in [3.63, 3.8) is 0 Å². The van der Waals surface area contributed by atoms with E-state index >= 15 is 0 Å². The Balaban J connectivity index is 2.57. The summed E-state index contributed by atoms with van der Waals surface area (Å²) in [7, 11) is 0. The lowest BCUT2D eigenvalue weighted by atomic mass is 10.1. The van der Waals surface area contributed by atoms with Crippen LogP contribution in [-0.4, -0.2) is 11.5 Å². The molecule has 0 aliphatic heterocycles. The summed E-state index contributed by atoms with van der Waals surface area (Å²) >= 11 is 0. The van der Waals surface area contributed by atoms with Gasteiger partial charge in [0.05, 0.1) is 5.69 Å². The van der Waals surface area contributed by atoms with E-state index in [-0.39, 0.29) is 0 Å². The number of nitrogens with zero attached hydrogens (tertiary/aromatic N) is 1. The summed E-state index contributed by atoms with van der Waals surface area (Å²) in [5.41, 5.74) is 6.04. The van der Waals surface area contributed by atoms with Crippen molar-refractivity contribution >= 4 is 10.8 Å². The minimum atomic E-state index is -0.569. The molecule has 16 heavy (non-hydrogen) atoms. The third-order valence-electron chi connectivity index (χ3n) is 2.48. The lowest BCUT2D eigenvalue weighted by Crippen LogP contribution is -2.02. The van der Waals surface area contributed by atoms with Crippen LogP contribution in [0.3, 0.4) is 0 Å². The van der Waals surface area contributed by atoms with Gasteiger partial charge in [-0.15, -0.1) is 0 Å². The molecule has 2 aromatic rings. The van der Waals surface area contributed by atoms with E-state index in [0.717, 1.165) is 12.5 Å². The van der Waals surface area contributed by atoms with Crippen LogP contribution in [0.1, 0.15) is 12.1 Å². The summed E-state index contributed by atoms with van der Waals surface area (Å²) in [5, 5.41) is 0.942. The van der Waals surface area contributed by atoms with Crippen molar-refractivity contribution in [3.8, 4) is 0 Å². The molecule has 4 heteroatoms. The van der Waals surface area contributed by atoms with Gasteiger partial charge in [0, 0.05) is 17.6 Å². The van der Waals surface area contributed by atoms with Crippen LogP contribution >= 0.6 is 0 Å². The highest BCUT2D eigenvalue weighted by Crippen LogP contribution is 2.22. The number of pyridine rings is 1. The Labute approximate surface area is 92.1 Å². The lowest BCUT2D eigenvalue weighted by Gasteiger charge is -2.06. The fraction of sp³-hybridized carbons (Fsp3) is 0.250. The van der Waals surface area contributed by atoms with Gasteiger partial charge in [-0.05, 0) is 36.9 Å². The van der Waals surface area contributed by atoms with Gasteiger partial charge >= 0.3 is 0 Å². The van der Waals surface area contributed by atoms with E-state index in [0.29, 0.717) is 29.4 Å². The normalized spacial score (nSPS) is 10.9. The number of rotatable bonds is 3. The number of benzene rings is 1. The van der Waals surface area contributed by atoms with Crippen LogP contribution < -0.4 is 5.73 Å². The zero-order valence-corrected chi connectivity index (χ0v) is 8.71. The second-order valence-corrected chi connectivity index (χ2v) is 3.64. The first-order valence-electron chi connectivity index (χ1n) is 5.15. The number of halogens is 2. The smallest absolute Gasteiger partial charge is 0.135 e. The Morgan fingerprint density at radius 3 is 2.81 bits per heavy atom. The zero-order valence-electron chi connectivity index (χ0n) is 8.71. The van der Waals surface area contributed by atoms with Crippen molar-refractivity contribution in [1.29, 1.82) is 0 Å². The Hall–Kier alpha value is -1.55. The molecular weight excluding hydrogens is 210 g/mol. The molecule has 2 N–H and O–H groups in total. The molecule has 0 saturated carbocycles. The number of aryl methyl sites for hydroxylation is 1. The van der Waals surface area contributed by atoms with E-state index in [2.05, 4.69) is 4.98 Å². The van der Waals surface area contributed by atoms with Crippen molar-refractivity contribution in [2.75, 3.05) is 6.54 Å². The summed E-state index contributed by atoms with van der Waals surface area (Å²) in [5.74, 6) is -1.13. The average Bonchev–Trinajstić information content (AvgIpc) is 2.25. The van der Waals surface area contributed by atoms with Gasteiger partial charge in [0.2, 0.25) is 0 Å². The predicted molar refractivity (Wildman–Crippen MR) is 59.0 cm³/mol. The Kier molecular flexibility index (Phi) is 3.10. The minimum Gasteiger partial charge on any atom is -0.330 e. The van der Waals surface area contributed by atoms with E-state index in [1.807, 2.05) is 0 Å². The lowest BCUT2D eigenvalue weighted by molar-refractivity contribution is 0.591. The fourth-order valence-electron chi connectivity index (χ4n) is 1.76. The molecule has 84 valence electrons. The second-order valence-electron chi connectivity index (χ2n) is 3.64. The van der Waals surface area contributed by atoms with Crippen LogP contribution in [0.2, 0.25) is 0 Å². The summed E-state index contributed by atoms with van der Waals surface area (Å²) < 4.78 is 26.6. The molecule has 0 aliphatic carbocycles. The van der Waals surface area contributed by atoms with Crippen molar-refractivity contribution in [3.05, 3.63) is 41.7 Å². The quantitative estimate of drug-likeness (QED) is 0.866. The highest BCUT2D eigenvalue weighted by Gasteiger charge is 2.09. The highest BCUT2D eigenvalue weighted by atomic mass is 19.1. The molecule has 0 atom stereocenters. The first-order valence-corrected chi connectivity index (χ1v) is 5.15.